The number of benzene rings is 1. The van der Waals surface area contributed by atoms with Crippen LogP contribution in [0.4, 0.5) is 5.69 Å². The number of amides is 1. The quantitative estimate of drug-likeness (QED) is 0.340. The molecule has 0 saturated heterocycles. The van der Waals surface area contributed by atoms with Crippen molar-refractivity contribution in [1.82, 2.24) is 0 Å². The summed E-state index contributed by atoms with van der Waals surface area (Å²) in [5, 5.41) is 14.6. The van der Waals surface area contributed by atoms with Crippen molar-refractivity contribution in [3.8, 4) is 0 Å². The van der Waals surface area contributed by atoms with Crippen molar-refractivity contribution in [3.05, 3.63) is 36.4 Å². The molecule has 1 aromatic rings. The van der Waals surface area contributed by atoms with E-state index in [0.29, 0.717) is 6.29 Å². The maximum atomic E-state index is 11.3. The predicted molar refractivity (Wildman–Crippen MR) is 62.3 cm³/mol. The smallest absolute Gasteiger partial charge is 0.274 e. The molecular weight excluding hydrogens is 260 g/mol. The van der Waals surface area contributed by atoms with E-state index in [2.05, 4.69) is 0 Å². The molecular formula is C10H10N2O5S. The Kier molecular flexibility index (Phi) is 4.32. The molecule has 0 fully saturated rings. The Morgan fingerprint density at radius 2 is 1.83 bits per heavy atom. The first-order valence-electron chi connectivity index (χ1n) is 4.64. The van der Waals surface area contributed by atoms with Crippen molar-refractivity contribution < 1.29 is 23.2 Å². The molecule has 0 radical (unpaired) electrons. The van der Waals surface area contributed by atoms with Gasteiger partial charge in [-0.1, -0.05) is 0 Å². The number of hydroxylamine groups is 1. The molecule has 0 aliphatic rings. The fraction of sp³-hybridized carbons (Fsp3) is 0. The van der Waals surface area contributed by atoms with Crippen LogP contribution in [0, 0.1) is 0 Å². The van der Waals surface area contributed by atoms with Crippen molar-refractivity contribution in [2.45, 2.75) is 4.90 Å². The van der Waals surface area contributed by atoms with Crippen LogP contribution in [0.25, 0.3) is 0 Å². The van der Waals surface area contributed by atoms with Crippen molar-refractivity contribution >= 4 is 27.9 Å². The minimum atomic E-state index is -3.83. The lowest BCUT2D eigenvalue weighted by Gasteiger charge is -2.12. The second-order valence-electron chi connectivity index (χ2n) is 3.18. The highest BCUT2D eigenvalue weighted by atomic mass is 32.2. The molecule has 18 heavy (non-hydrogen) atoms. The summed E-state index contributed by atoms with van der Waals surface area (Å²) in [5.74, 6) is -0.842. The molecule has 1 aromatic carbocycles. The van der Waals surface area contributed by atoms with Gasteiger partial charge in [-0.05, 0) is 30.3 Å². The summed E-state index contributed by atoms with van der Waals surface area (Å²) in [6.45, 7) is 0. The van der Waals surface area contributed by atoms with Gasteiger partial charge in [0.2, 0.25) is 10.0 Å². The van der Waals surface area contributed by atoms with Crippen molar-refractivity contribution in [2.24, 2.45) is 5.14 Å². The van der Waals surface area contributed by atoms with E-state index in [1.807, 2.05) is 0 Å². The number of carbonyl (C=O) groups is 2. The van der Waals surface area contributed by atoms with Gasteiger partial charge < -0.3 is 0 Å². The number of anilines is 1. The standard InChI is InChI=1S/C10H10N2O5S/c11-18(16,17)9-5-3-8(4-6-9)12(15)10(14)2-1-7-13/h1-7,15H,(H2,11,16,17)/b2-1-. The fourth-order valence-corrected chi connectivity index (χ4v) is 1.61. The van der Waals surface area contributed by atoms with Gasteiger partial charge in [0.25, 0.3) is 5.91 Å². The van der Waals surface area contributed by atoms with Crippen molar-refractivity contribution in [1.29, 1.82) is 0 Å². The molecule has 1 amide bonds. The second-order valence-corrected chi connectivity index (χ2v) is 4.75. The van der Waals surface area contributed by atoms with Gasteiger partial charge in [0.1, 0.15) is 6.29 Å². The molecule has 8 heteroatoms. The van der Waals surface area contributed by atoms with E-state index >= 15 is 0 Å². The number of rotatable bonds is 4. The highest BCUT2D eigenvalue weighted by Gasteiger charge is 2.12. The van der Waals surface area contributed by atoms with Crippen LogP contribution in [0.15, 0.2) is 41.3 Å². The van der Waals surface area contributed by atoms with Crippen LogP contribution >= 0.6 is 0 Å². The highest BCUT2D eigenvalue weighted by molar-refractivity contribution is 7.89. The summed E-state index contributed by atoms with van der Waals surface area (Å²) in [7, 11) is -3.83. The summed E-state index contributed by atoms with van der Waals surface area (Å²) in [6, 6.07) is 4.69. The van der Waals surface area contributed by atoms with Gasteiger partial charge in [0.05, 0.1) is 10.6 Å². The number of nitrogens with zero attached hydrogens (tertiary/aromatic N) is 1. The van der Waals surface area contributed by atoms with Gasteiger partial charge in [-0.2, -0.15) is 5.06 Å². The van der Waals surface area contributed by atoms with Gasteiger partial charge in [0, 0.05) is 6.08 Å². The Labute approximate surface area is 103 Å². The van der Waals surface area contributed by atoms with Gasteiger partial charge in [-0.25, -0.2) is 13.6 Å². The summed E-state index contributed by atoms with van der Waals surface area (Å²) in [4.78, 5) is 21.1. The molecule has 0 saturated carbocycles. The normalized spacial score (nSPS) is 11.4. The maximum Gasteiger partial charge on any atom is 0.274 e. The Morgan fingerprint density at radius 1 is 1.28 bits per heavy atom. The predicted octanol–water partition coefficient (Wildman–Crippen LogP) is -0.189. The highest BCUT2D eigenvalue weighted by Crippen LogP contribution is 2.16. The van der Waals surface area contributed by atoms with E-state index in [1.165, 1.54) is 12.1 Å². The zero-order valence-corrected chi connectivity index (χ0v) is 9.87. The van der Waals surface area contributed by atoms with Gasteiger partial charge >= 0.3 is 0 Å². The maximum absolute atomic E-state index is 11.3. The third kappa shape index (κ3) is 3.48. The van der Waals surface area contributed by atoms with Crippen molar-refractivity contribution in [3.63, 3.8) is 0 Å². The largest absolute Gasteiger partial charge is 0.299 e. The van der Waals surface area contributed by atoms with Crippen LogP contribution in [0.3, 0.4) is 0 Å². The third-order valence-corrected chi connectivity index (χ3v) is 2.87. The van der Waals surface area contributed by atoms with Crippen LogP contribution in [-0.4, -0.2) is 25.8 Å². The number of carbonyl (C=O) groups excluding carboxylic acids is 2. The zero-order chi connectivity index (χ0) is 13.8. The van der Waals surface area contributed by atoms with Crippen LogP contribution < -0.4 is 10.2 Å². The molecule has 7 nitrogen and oxygen atoms in total. The van der Waals surface area contributed by atoms with Crippen LogP contribution in [0.1, 0.15) is 0 Å². The first kappa shape index (κ1) is 14.0. The Balaban J connectivity index is 2.95. The van der Waals surface area contributed by atoms with Crippen LogP contribution in [0.2, 0.25) is 0 Å². The molecule has 0 aliphatic carbocycles. The Morgan fingerprint density at radius 3 is 2.28 bits per heavy atom. The molecule has 1 rings (SSSR count). The van der Waals surface area contributed by atoms with Gasteiger partial charge in [-0.3, -0.25) is 14.8 Å². The van der Waals surface area contributed by atoms with E-state index in [4.69, 9.17) is 5.14 Å². The van der Waals surface area contributed by atoms with Crippen LogP contribution in [0.5, 0.6) is 0 Å². The molecule has 3 N–H and O–H groups in total. The lowest BCUT2D eigenvalue weighted by atomic mass is 10.3. The second kappa shape index (κ2) is 5.54. The molecule has 0 heterocycles. The van der Waals surface area contributed by atoms with E-state index in [0.717, 1.165) is 24.3 Å². The first-order valence-corrected chi connectivity index (χ1v) is 6.18. The Hall–Kier alpha value is -2.03. The van der Waals surface area contributed by atoms with E-state index < -0.39 is 15.9 Å². The number of aldehydes is 1. The summed E-state index contributed by atoms with van der Waals surface area (Å²) >= 11 is 0. The molecule has 0 atom stereocenters. The van der Waals surface area contributed by atoms with Gasteiger partial charge in [0.15, 0.2) is 0 Å². The SMILES string of the molecule is NS(=O)(=O)c1ccc(N(O)C(=O)/C=C\C=O)cc1. The minimum absolute atomic E-state index is 0.0444. The number of hydrogen-bond donors (Lipinski definition) is 2. The average Bonchev–Trinajstić information content (AvgIpc) is 2.34. The summed E-state index contributed by atoms with van der Waals surface area (Å²) in [6.07, 6.45) is 2.17. The minimum Gasteiger partial charge on any atom is -0.299 e. The fourth-order valence-electron chi connectivity index (χ4n) is 1.10. The molecule has 0 aromatic heterocycles. The molecule has 0 bridgehead atoms. The lowest BCUT2D eigenvalue weighted by Crippen LogP contribution is -2.25. The summed E-state index contributed by atoms with van der Waals surface area (Å²) in [5.41, 5.74) is 0.0444. The monoisotopic (exact) mass is 270 g/mol. The molecule has 96 valence electrons. The summed E-state index contributed by atoms with van der Waals surface area (Å²) < 4.78 is 21.9. The number of nitrogens with two attached hydrogens (primary N) is 1. The topological polar surface area (TPSA) is 118 Å². The average molecular weight is 270 g/mol. The number of primary sulfonamides is 1. The molecule has 0 unspecified atom stereocenters. The lowest BCUT2D eigenvalue weighted by molar-refractivity contribution is -0.119. The zero-order valence-electron chi connectivity index (χ0n) is 9.05. The third-order valence-electron chi connectivity index (χ3n) is 1.94. The van der Waals surface area contributed by atoms with Gasteiger partial charge in [-0.15, -0.1) is 0 Å². The number of hydrogen-bond acceptors (Lipinski definition) is 5. The number of allylic oxidation sites excluding steroid dienone is 1. The van der Waals surface area contributed by atoms with Crippen LogP contribution in [-0.2, 0) is 19.6 Å². The van der Waals surface area contributed by atoms with E-state index in [-0.39, 0.29) is 15.6 Å². The van der Waals surface area contributed by atoms with Crippen molar-refractivity contribution in [2.75, 3.05) is 5.06 Å². The Bertz CT molecular complexity index is 577. The molecule has 0 aliphatic heterocycles. The van der Waals surface area contributed by atoms with E-state index in [1.54, 1.807) is 0 Å². The van der Waals surface area contributed by atoms with E-state index in [9.17, 15) is 23.2 Å². The molecule has 0 spiro atoms. The number of sulfonamides is 1. The first-order chi connectivity index (χ1) is 8.36.